The van der Waals surface area contributed by atoms with Gasteiger partial charge in [-0.2, -0.15) is 0 Å². The Labute approximate surface area is 165 Å². The van der Waals surface area contributed by atoms with Crippen LogP contribution in [0.2, 0.25) is 0 Å². The number of benzene rings is 2. The third-order valence-corrected chi connectivity index (χ3v) is 4.54. The van der Waals surface area contributed by atoms with E-state index in [-0.39, 0.29) is 30.3 Å². The Morgan fingerprint density at radius 1 is 1.17 bits per heavy atom. The summed E-state index contributed by atoms with van der Waals surface area (Å²) in [5, 5.41) is 15.1. The van der Waals surface area contributed by atoms with Crippen molar-refractivity contribution < 1.29 is 23.5 Å². The Hall–Kier alpha value is -3.62. The molecule has 0 bridgehead atoms. The van der Waals surface area contributed by atoms with E-state index in [0.717, 1.165) is 17.7 Å². The Morgan fingerprint density at radius 3 is 2.52 bits per heavy atom. The molecule has 150 valence electrons. The van der Waals surface area contributed by atoms with Crippen LogP contribution < -0.4 is 0 Å². The normalized spacial score (nSPS) is 15.3. The van der Waals surface area contributed by atoms with Crippen molar-refractivity contribution in [3.63, 3.8) is 0 Å². The molecule has 2 heterocycles. The van der Waals surface area contributed by atoms with Crippen LogP contribution in [0.15, 0.2) is 48.5 Å². The molecule has 9 heteroatoms. The number of hydrogen-bond donors (Lipinski definition) is 1. The van der Waals surface area contributed by atoms with Gasteiger partial charge in [-0.25, -0.2) is 8.78 Å². The maximum atomic E-state index is 14.2. The van der Waals surface area contributed by atoms with Gasteiger partial charge in [0, 0.05) is 12.6 Å². The first-order valence-electron chi connectivity index (χ1n) is 8.76. The van der Waals surface area contributed by atoms with Gasteiger partial charge in [0.05, 0.1) is 12.1 Å². The van der Waals surface area contributed by atoms with Crippen LogP contribution >= 0.6 is 0 Å². The number of halogens is 2. The maximum absolute atomic E-state index is 14.2. The molecule has 7 nitrogen and oxygen atoms in total. The number of aromatic nitrogens is 3. The van der Waals surface area contributed by atoms with Crippen molar-refractivity contribution in [1.82, 2.24) is 19.7 Å². The van der Waals surface area contributed by atoms with E-state index in [2.05, 4.69) is 10.2 Å². The van der Waals surface area contributed by atoms with Crippen molar-refractivity contribution in [3.8, 4) is 11.4 Å². The average molecular weight is 400 g/mol. The second kappa shape index (κ2) is 8.59. The summed E-state index contributed by atoms with van der Waals surface area (Å²) < 4.78 is 29.0. The minimum atomic E-state index is -0.730. The van der Waals surface area contributed by atoms with Crippen LogP contribution in [0.1, 0.15) is 24.4 Å². The minimum absolute atomic E-state index is 0.0927. The molecule has 4 rings (SSSR count). The molecule has 0 saturated carbocycles. The first-order valence-corrected chi connectivity index (χ1v) is 8.76. The summed E-state index contributed by atoms with van der Waals surface area (Å²) in [7, 11) is 0. The van der Waals surface area contributed by atoms with E-state index >= 15 is 0 Å². The van der Waals surface area contributed by atoms with Crippen LogP contribution in [0.4, 0.5) is 8.78 Å². The first kappa shape index (κ1) is 20.1. The highest BCUT2D eigenvalue weighted by molar-refractivity contribution is 5.82. The van der Waals surface area contributed by atoms with E-state index in [1.807, 2.05) is 30.3 Å². The number of carbonyl (C=O) groups is 2. The third-order valence-electron chi connectivity index (χ3n) is 4.54. The SMILES string of the molecule is C[C@H]1C(=O)N(Cc2ccccc2)Cc2nnc(-c3ccc(F)cc3F)n21.O=CO. The Balaban J connectivity index is 0.000000755. The van der Waals surface area contributed by atoms with E-state index in [9.17, 15) is 13.6 Å². The summed E-state index contributed by atoms with van der Waals surface area (Å²) in [5.41, 5.74) is 1.15. The maximum Gasteiger partial charge on any atom is 0.290 e. The summed E-state index contributed by atoms with van der Waals surface area (Å²) in [6, 6.07) is 12.4. The molecule has 0 aliphatic carbocycles. The molecule has 1 amide bonds. The fourth-order valence-corrected chi connectivity index (χ4v) is 3.25. The molecule has 0 unspecified atom stereocenters. The number of rotatable bonds is 3. The lowest BCUT2D eigenvalue weighted by atomic mass is 10.1. The fourth-order valence-electron chi connectivity index (χ4n) is 3.25. The number of amides is 1. The van der Waals surface area contributed by atoms with E-state index in [1.165, 1.54) is 6.07 Å². The van der Waals surface area contributed by atoms with Crippen molar-refractivity contribution in [2.24, 2.45) is 0 Å². The van der Waals surface area contributed by atoms with Gasteiger partial charge in [0.1, 0.15) is 17.7 Å². The first-order chi connectivity index (χ1) is 14.0. The van der Waals surface area contributed by atoms with Crippen molar-refractivity contribution >= 4 is 12.4 Å². The lowest BCUT2D eigenvalue weighted by molar-refractivity contribution is -0.137. The predicted molar refractivity (Wildman–Crippen MR) is 99.5 cm³/mol. The molecule has 0 radical (unpaired) electrons. The molecule has 1 aromatic heterocycles. The van der Waals surface area contributed by atoms with Crippen LogP contribution in [0, 0.1) is 11.6 Å². The highest BCUT2D eigenvalue weighted by Gasteiger charge is 2.34. The van der Waals surface area contributed by atoms with Crippen LogP contribution in [0.5, 0.6) is 0 Å². The van der Waals surface area contributed by atoms with Gasteiger partial charge in [-0.15, -0.1) is 10.2 Å². The van der Waals surface area contributed by atoms with Crippen molar-refractivity contribution in [1.29, 1.82) is 0 Å². The number of nitrogens with zero attached hydrogens (tertiary/aromatic N) is 4. The van der Waals surface area contributed by atoms with Gasteiger partial charge in [-0.05, 0) is 24.6 Å². The molecule has 0 saturated heterocycles. The zero-order valence-electron chi connectivity index (χ0n) is 15.5. The minimum Gasteiger partial charge on any atom is -0.483 e. The van der Waals surface area contributed by atoms with E-state index in [0.29, 0.717) is 12.4 Å². The van der Waals surface area contributed by atoms with Crippen LogP contribution in [0.25, 0.3) is 11.4 Å². The molecular weight excluding hydrogens is 382 g/mol. The Bertz CT molecular complexity index is 1020. The standard InChI is InChI=1S/C19H16F2N4O.CH2O2/c1-12-19(26)24(10-13-5-3-2-4-6-13)11-17-22-23-18(25(12)17)15-8-7-14(20)9-16(15)21;2-1-3/h2-9,12H,10-11H2,1H3;1H,(H,2,3)/t12-;/m0./s1. The topological polar surface area (TPSA) is 88.3 Å². The average Bonchev–Trinajstić information content (AvgIpc) is 3.11. The third kappa shape index (κ3) is 4.13. The molecule has 1 atom stereocenters. The molecular formula is C20H18F2N4O3. The van der Waals surface area contributed by atoms with Gasteiger partial charge in [-0.3, -0.25) is 14.2 Å². The van der Waals surface area contributed by atoms with Gasteiger partial charge in [-0.1, -0.05) is 30.3 Å². The van der Waals surface area contributed by atoms with Gasteiger partial charge < -0.3 is 10.0 Å². The van der Waals surface area contributed by atoms with Gasteiger partial charge in [0.2, 0.25) is 5.91 Å². The summed E-state index contributed by atoms with van der Waals surface area (Å²) >= 11 is 0. The zero-order chi connectivity index (χ0) is 21.0. The largest absolute Gasteiger partial charge is 0.483 e. The lowest BCUT2D eigenvalue weighted by Crippen LogP contribution is -2.41. The molecule has 0 spiro atoms. The quantitative estimate of drug-likeness (QED) is 0.683. The number of fused-ring (bicyclic) bond motifs is 1. The number of carbonyl (C=O) groups excluding carboxylic acids is 1. The number of hydrogen-bond acceptors (Lipinski definition) is 4. The molecule has 3 aromatic rings. The Morgan fingerprint density at radius 2 is 1.86 bits per heavy atom. The molecule has 1 N–H and O–H groups in total. The molecule has 2 aromatic carbocycles. The van der Waals surface area contributed by atoms with Crippen molar-refractivity contribution in [2.45, 2.75) is 26.1 Å². The van der Waals surface area contributed by atoms with Gasteiger partial charge in [0.15, 0.2) is 11.6 Å². The van der Waals surface area contributed by atoms with Crippen LogP contribution in [-0.2, 0) is 22.7 Å². The summed E-state index contributed by atoms with van der Waals surface area (Å²) in [6.45, 7) is 2.24. The second-order valence-electron chi connectivity index (χ2n) is 6.40. The van der Waals surface area contributed by atoms with Crippen LogP contribution in [-0.4, -0.2) is 37.2 Å². The van der Waals surface area contributed by atoms with Crippen molar-refractivity contribution in [3.05, 3.63) is 71.6 Å². The molecule has 29 heavy (non-hydrogen) atoms. The number of carboxylic acid groups (broad SMARTS) is 1. The smallest absolute Gasteiger partial charge is 0.290 e. The second-order valence-corrected chi connectivity index (χ2v) is 6.40. The molecule has 0 fully saturated rings. The van der Waals surface area contributed by atoms with E-state index < -0.39 is 17.7 Å². The lowest BCUT2D eigenvalue weighted by Gasteiger charge is -2.32. The fraction of sp³-hybridized carbons (Fsp3) is 0.200. The summed E-state index contributed by atoms with van der Waals surface area (Å²) in [4.78, 5) is 22.9. The molecule has 1 aliphatic heterocycles. The molecule has 1 aliphatic rings. The summed E-state index contributed by atoms with van der Waals surface area (Å²) in [5.74, 6) is -0.677. The Kier molecular flexibility index (Phi) is 5.96. The van der Waals surface area contributed by atoms with Gasteiger partial charge >= 0.3 is 0 Å². The van der Waals surface area contributed by atoms with E-state index in [4.69, 9.17) is 9.90 Å². The monoisotopic (exact) mass is 400 g/mol. The summed E-state index contributed by atoms with van der Waals surface area (Å²) in [6.07, 6.45) is 0. The van der Waals surface area contributed by atoms with E-state index in [1.54, 1.807) is 16.4 Å². The zero-order valence-corrected chi connectivity index (χ0v) is 15.5. The van der Waals surface area contributed by atoms with Gasteiger partial charge in [0.25, 0.3) is 6.47 Å². The predicted octanol–water partition coefficient (Wildman–Crippen LogP) is 3.03. The highest BCUT2D eigenvalue weighted by atomic mass is 19.1. The van der Waals surface area contributed by atoms with Crippen LogP contribution in [0.3, 0.4) is 0 Å². The highest BCUT2D eigenvalue weighted by Crippen LogP contribution is 2.30. The van der Waals surface area contributed by atoms with Crippen molar-refractivity contribution in [2.75, 3.05) is 0 Å².